The van der Waals surface area contributed by atoms with Crippen molar-refractivity contribution in [1.29, 1.82) is 0 Å². The Morgan fingerprint density at radius 1 is 1.33 bits per heavy atom. The van der Waals surface area contributed by atoms with Crippen LogP contribution in [0.25, 0.3) is 11.3 Å². The summed E-state index contributed by atoms with van der Waals surface area (Å²) in [5.74, 6) is -0.242. The number of carbonyl (C=O) groups is 1. The van der Waals surface area contributed by atoms with Gasteiger partial charge in [-0.15, -0.1) is 11.3 Å². The van der Waals surface area contributed by atoms with Crippen LogP contribution in [0, 0.1) is 11.7 Å². The van der Waals surface area contributed by atoms with Gasteiger partial charge in [-0.25, -0.2) is 4.39 Å². The molecule has 3 atom stereocenters. The van der Waals surface area contributed by atoms with E-state index in [0.29, 0.717) is 32.0 Å². The molecule has 1 fully saturated rings. The van der Waals surface area contributed by atoms with Crippen molar-refractivity contribution in [3.63, 3.8) is 0 Å². The van der Waals surface area contributed by atoms with Gasteiger partial charge in [-0.05, 0) is 36.2 Å². The van der Waals surface area contributed by atoms with Crippen LogP contribution in [0.1, 0.15) is 28.1 Å². The molecule has 3 aromatic rings. The molecule has 1 aliphatic rings. The zero-order valence-corrected chi connectivity index (χ0v) is 18.8. The highest BCUT2D eigenvalue weighted by molar-refractivity contribution is 7.18. The summed E-state index contributed by atoms with van der Waals surface area (Å²) in [5, 5.41) is 11.1. The van der Waals surface area contributed by atoms with Crippen LogP contribution in [0.3, 0.4) is 0 Å². The first-order chi connectivity index (χ1) is 14.3. The van der Waals surface area contributed by atoms with Crippen molar-refractivity contribution in [3.8, 4) is 11.3 Å². The highest BCUT2D eigenvalue weighted by Crippen LogP contribution is 2.39. The molecule has 9 heteroatoms. The van der Waals surface area contributed by atoms with Gasteiger partial charge in [-0.1, -0.05) is 42.3 Å². The lowest BCUT2D eigenvalue weighted by Gasteiger charge is -2.37. The predicted octanol–water partition coefficient (Wildman–Crippen LogP) is 4.72. The number of aromatic nitrogens is 2. The van der Waals surface area contributed by atoms with E-state index in [1.54, 1.807) is 36.1 Å². The van der Waals surface area contributed by atoms with E-state index >= 15 is 0 Å². The number of piperidine rings is 1. The van der Waals surface area contributed by atoms with Crippen molar-refractivity contribution in [2.75, 3.05) is 13.1 Å². The molecule has 5 nitrogen and oxygen atoms in total. The normalized spacial score (nSPS) is 21.6. The number of hydrogen-bond acceptors (Lipinski definition) is 4. The van der Waals surface area contributed by atoms with Crippen LogP contribution in [0.2, 0.25) is 9.36 Å². The molecule has 0 bridgehead atoms. The molecular formula is C21H21Cl2FN4OS. The van der Waals surface area contributed by atoms with Crippen molar-refractivity contribution in [2.45, 2.75) is 18.9 Å². The zero-order chi connectivity index (χ0) is 21.4. The summed E-state index contributed by atoms with van der Waals surface area (Å²) < 4.78 is 15.9. The van der Waals surface area contributed by atoms with Gasteiger partial charge in [0.15, 0.2) is 0 Å². The highest BCUT2D eigenvalue weighted by Gasteiger charge is 2.33. The molecule has 4 rings (SSSR count). The summed E-state index contributed by atoms with van der Waals surface area (Å²) in [6.07, 6.45) is 1.54. The number of halogens is 3. The average Bonchev–Trinajstić information content (AvgIpc) is 3.23. The van der Waals surface area contributed by atoms with Crippen LogP contribution in [-0.2, 0) is 7.05 Å². The maximum Gasteiger partial charge on any atom is 0.261 e. The van der Waals surface area contributed by atoms with Gasteiger partial charge < -0.3 is 10.6 Å². The molecule has 1 saturated heterocycles. The third-order valence-corrected chi connectivity index (χ3v) is 7.12. The maximum absolute atomic E-state index is 13.8. The molecule has 0 spiro atoms. The average molecular weight is 467 g/mol. The number of carbonyl (C=O) groups excluding carboxylic acids is 1. The first-order valence-corrected chi connectivity index (χ1v) is 11.2. The van der Waals surface area contributed by atoms with Gasteiger partial charge >= 0.3 is 0 Å². The lowest BCUT2D eigenvalue weighted by atomic mass is 9.79. The van der Waals surface area contributed by atoms with E-state index in [2.05, 4.69) is 22.7 Å². The van der Waals surface area contributed by atoms with E-state index in [4.69, 9.17) is 23.2 Å². The molecule has 0 aliphatic carbocycles. The van der Waals surface area contributed by atoms with Gasteiger partial charge in [-0.3, -0.25) is 9.48 Å². The first-order valence-electron chi connectivity index (χ1n) is 9.59. The van der Waals surface area contributed by atoms with Crippen LogP contribution >= 0.6 is 34.5 Å². The second-order valence-corrected chi connectivity index (χ2v) is 9.62. The summed E-state index contributed by atoms with van der Waals surface area (Å²) >= 11 is 13.9. The summed E-state index contributed by atoms with van der Waals surface area (Å²) in [6, 6.07) is 8.17. The number of amides is 1. The third kappa shape index (κ3) is 4.12. The Bertz CT molecular complexity index is 1060. The lowest BCUT2D eigenvalue weighted by Crippen LogP contribution is -2.53. The highest BCUT2D eigenvalue weighted by atomic mass is 35.5. The van der Waals surface area contributed by atoms with Crippen molar-refractivity contribution in [2.24, 2.45) is 13.0 Å². The number of nitrogens with one attached hydrogen (secondary N) is 2. The summed E-state index contributed by atoms with van der Waals surface area (Å²) in [6.45, 7) is 3.52. The van der Waals surface area contributed by atoms with Crippen LogP contribution in [0.4, 0.5) is 4.39 Å². The van der Waals surface area contributed by atoms with E-state index in [9.17, 15) is 9.18 Å². The van der Waals surface area contributed by atoms with Gasteiger partial charge in [0.05, 0.1) is 21.8 Å². The molecule has 2 N–H and O–H groups in total. The van der Waals surface area contributed by atoms with Gasteiger partial charge in [0.2, 0.25) is 0 Å². The molecular weight excluding hydrogens is 446 g/mol. The number of aryl methyl sites for hydroxylation is 1. The van der Waals surface area contributed by atoms with Crippen LogP contribution in [0.5, 0.6) is 0 Å². The van der Waals surface area contributed by atoms with Crippen molar-refractivity contribution in [3.05, 3.63) is 62.1 Å². The zero-order valence-electron chi connectivity index (χ0n) is 16.5. The smallest absolute Gasteiger partial charge is 0.261 e. The molecule has 0 radical (unpaired) electrons. The standard InChI is InChI=1S/C21H21Cl2FN4OS/c1-11-8-25-10-16(18(11)12-4-3-5-13(24)6-12)27-21(29)17-7-14(20(23)30-17)19-15(22)9-26-28(19)2/h3-7,9,11,16,18,25H,8,10H2,1-2H3,(H,27,29)/t11?,16-,18+/m1/s1. The Morgan fingerprint density at radius 3 is 2.83 bits per heavy atom. The lowest BCUT2D eigenvalue weighted by molar-refractivity contribution is 0.0920. The van der Waals surface area contributed by atoms with Crippen LogP contribution < -0.4 is 10.6 Å². The van der Waals surface area contributed by atoms with Crippen molar-refractivity contribution >= 4 is 40.4 Å². The first kappa shape index (κ1) is 21.3. The molecule has 1 aliphatic heterocycles. The minimum absolute atomic E-state index is 0.00678. The number of thiophene rings is 1. The summed E-state index contributed by atoms with van der Waals surface area (Å²) in [7, 11) is 1.77. The number of benzene rings is 1. The van der Waals surface area contributed by atoms with Gasteiger partial charge in [0.25, 0.3) is 5.91 Å². The fourth-order valence-electron chi connectivity index (χ4n) is 4.13. The molecule has 158 valence electrons. The molecule has 1 unspecified atom stereocenters. The van der Waals surface area contributed by atoms with Gasteiger partial charge in [-0.2, -0.15) is 5.10 Å². The summed E-state index contributed by atoms with van der Waals surface area (Å²) in [5.41, 5.74) is 2.23. The van der Waals surface area contributed by atoms with Gasteiger partial charge in [0.1, 0.15) is 10.2 Å². The Kier molecular flexibility index (Phi) is 6.16. The van der Waals surface area contributed by atoms with Crippen LogP contribution in [0.15, 0.2) is 36.5 Å². The van der Waals surface area contributed by atoms with E-state index in [1.807, 2.05) is 6.07 Å². The Hall–Kier alpha value is -1.93. The van der Waals surface area contributed by atoms with Crippen LogP contribution in [-0.4, -0.2) is 34.8 Å². The maximum atomic E-state index is 13.8. The molecule has 30 heavy (non-hydrogen) atoms. The SMILES string of the molecule is CC1CNC[C@@H](NC(=O)c2cc(-c3c(Cl)cnn3C)c(Cl)s2)[C@@H]1c1cccc(F)c1. The van der Waals surface area contributed by atoms with E-state index in [-0.39, 0.29) is 29.6 Å². The minimum atomic E-state index is -0.272. The Morgan fingerprint density at radius 2 is 2.13 bits per heavy atom. The number of nitrogens with zero attached hydrogens (tertiary/aromatic N) is 2. The molecule has 3 heterocycles. The second kappa shape index (κ2) is 8.67. The minimum Gasteiger partial charge on any atom is -0.347 e. The van der Waals surface area contributed by atoms with Crippen molar-refractivity contribution < 1.29 is 9.18 Å². The topological polar surface area (TPSA) is 58.9 Å². The number of hydrogen-bond donors (Lipinski definition) is 2. The quantitative estimate of drug-likeness (QED) is 0.584. The molecule has 1 aromatic carbocycles. The Balaban J connectivity index is 1.59. The fourth-order valence-corrected chi connectivity index (χ4v) is 5.58. The fraction of sp³-hybridized carbons (Fsp3) is 0.333. The van der Waals surface area contributed by atoms with Gasteiger partial charge in [0, 0.05) is 31.1 Å². The predicted molar refractivity (Wildman–Crippen MR) is 119 cm³/mol. The third-order valence-electron chi connectivity index (χ3n) is 5.49. The molecule has 0 saturated carbocycles. The monoisotopic (exact) mass is 466 g/mol. The summed E-state index contributed by atoms with van der Waals surface area (Å²) in [4.78, 5) is 13.5. The van der Waals surface area contributed by atoms with E-state index in [0.717, 1.165) is 12.1 Å². The second-order valence-electron chi connectivity index (χ2n) is 7.56. The van der Waals surface area contributed by atoms with E-state index in [1.165, 1.54) is 17.4 Å². The van der Waals surface area contributed by atoms with E-state index < -0.39 is 0 Å². The largest absolute Gasteiger partial charge is 0.347 e. The number of rotatable bonds is 4. The molecule has 1 amide bonds. The Labute approximate surface area is 188 Å². The molecule has 2 aromatic heterocycles. The van der Waals surface area contributed by atoms with Crippen molar-refractivity contribution in [1.82, 2.24) is 20.4 Å².